The minimum Gasteiger partial charge on any atom is -0.395 e. The molecule has 14 heteroatoms. The zero-order valence-electron chi connectivity index (χ0n) is 17.8. The predicted octanol–water partition coefficient (Wildman–Crippen LogP) is 2.70. The average Bonchev–Trinajstić information content (AvgIpc) is 3.47. The molecule has 2 aliphatic rings. The molecule has 0 amide bonds. The van der Waals surface area contributed by atoms with Crippen molar-refractivity contribution in [2.45, 2.75) is 36.6 Å². The lowest BCUT2D eigenvalue weighted by atomic mass is 9.88. The van der Waals surface area contributed by atoms with Gasteiger partial charge in [0.1, 0.15) is 35.5 Å². The van der Waals surface area contributed by atoms with Gasteiger partial charge in [-0.05, 0) is 24.3 Å². The number of nitrogens with two attached hydrogens (primary N) is 2. The van der Waals surface area contributed by atoms with Gasteiger partial charge >= 0.3 is 6.18 Å². The van der Waals surface area contributed by atoms with Crippen LogP contribution in [0, 0.1) is 0 Å². The van der Waals surface area contributed by atoms with Crippen molar-refractivity contribution in [2.24, 2.45) is 11.6 Å². The fourth-order valence-corrected chi connectivity index (χ4v) is 5.00. The van der Waals surface area contributed by atoms with Gasteiger partial charge in [0, 0.05) is 29.0 Å². The fourth-order valence-electron chi connectivity index (χ4n) is 4.27. The molecular formula is C21H20ClF3N6O3S. The van der Waals surface area contributed by atoms with E-state index < -0.39 is 42.2 Å². The number of halogens is 4. The number of aromatic nitrogens is 3. The molecule has 2 fully saturated rings. The van der Waals surface area contributed by atoms with Gasteiger partial charge in [-0.1, -0.05) is 11.6 Å². The Morgan fingerprint density at radius 2 is 2.11 bits per heavy atom. The number of hydrogen-bond acceptors (Lipinski definition) is 9. The van der Waals surface area contributed by atoms with Crippen LogP contribution in [0.3, 0.4) is 0 Å². The van der Waals surface area contributed by atoms with E-state index in [1.807, 2.05) is 0 Å². The van der Waals surface area contributed by atoms with E-state index in [2.05, 4.69) is 10.1 Å². The summed E-state index contributed by atoms with van der Waals surface area (Å²) in [4.78, 5) is 4.13. The molecule has 2 aromatic heterocycles. The molecule has 9 nitrogen and oxygen atoms in total. The Morgan fingerprint density at radius 1 is 1.31 bits per heavy atom. The summed E-state index contributed by atoms with van der Waals surface area (Å²) in [5, 5.41) is 19.0. The largest absolute Gasteiger partial charge is 0.418 e. The Hall–Kier alpha value is -2.68. The number of thiazole rings is 1. The van der Waals surface area contributed by atoms with Crippen molar-refractivity contribution in [2.75, 3.05) is 6.61 Å². The summed E-state index contributed by atoms with van der Waals surface area (Å²) in [5.74, 6) is 6.27. The lowest BCUT2D eigenvalue weighted by molar-refractivity contribution is -0.289. The highest BCUT2D eigenvalue weighted by molar-refractivity contribution is 7.10. The van der Waals surface area contributed by atoms with E-state index in [0.717, 1.165) is 22.9 Å². The van der Waals surface area contributed by atoms with Crippen LogP contribution in [0.1, 0.15) is 22.4 Å². The van der Waals surface area contributed by atoms with Crippen LogP contribution < -0.4 is 11.6 Å². The third-order valence-corrected chi connectivity index (χ3v) is 6.96. The Kier molecular flexibility index (Phi) is 6.23. The highest BCUT2D eigenvalue weighted by Gasteiger charge is 2.53. The highest BCUT2D eigenvalue weighted by Crippen LogP contribution is 2.41. The maximum atomic E-state index is 13.7. The van der Waals surface area contributed by atoms with Gasteiger partial charge < -0.3 is 25.3 Å². The molecule has 3 aromatic rings. The molecule has 0 bridgehead atoms. The second-order valence-electron chi connectivity index (χ2n) is 8.07. The van der Waals surface area contributed by atoms with E-state index in [4.69, 9.17) is 32.7 Å². The minimum absolute atomic E-state index is 0.0980. The van der Waals surface area contributed by atoms with Crippen molar-refractivity contribution in [3.05, 3.63) is 69.5 Å². The van der Waals surface area contributed by atoms with Gasteiger partial charge in [0.15, 0.2) is 0 Å². The molecule has 0 spiro atoms. The van der Waals surface area contributed by atoms with Crippen molar-refractivity contribution in [1.82, 2.24) is 19.8 Å². The third-order valence-electron chi connectivity index (χ3n) is 5.91. The first-order chi connectivity index (χ1) is 16.6. The molecule has 5 rings (SSSR count). The smallest absolute Gasteiger partial charge is 0.395 e. The third kappa shape index (κ3) is 4.39. The number of rotatable bonds is 5. The molecule has 1 aromatic carbocycles. The number of benzene rings is 1. The maximum absolute atomic E-state index is 13.7. The second-order valence-corrected chi connectivity index (χ2v) is 9.40. The number of hydrogen-bond donors (Lipinski definition) is 3. The SMILES string of the molecule is N/C(=C\N(N)C1C(O)C(c2ccnn2-c2cc(Cl)ccc2C(F)(F)F)OC2COC21)c1nccs1. The number of ether oxygens (including phenoxy) is 2. The number of hydrazine groups is 1. The summed E-state index contributed by atoms with van der Waals surface area (Å²) in [7, 11) is 0. The topological polar surface area (TPSA) is 125 Å². The Morgan fingerprint density at radius 3 is 2.77 bits per heavy atom. The van der Waals surface area contributed by atoms with E-state index in [9.17, 15) is 18.3 Å². The zero-order valence-corrected chi connectivity index (χ0v) is 19.4. The molecule has 0 saturated carbocycles. The molecule has 5 unspecified atom stereocenters. The molecule has 2 saturated heterocycles. The van der Waals surface area contributed by atoms with Crippen molar-refractivity contribution < 1.29 is 27.8 Å². The van der Waals surface area contributed by atoms with E-state index >= 15 is 0 Å². The average molecular weight is 529 g/mol. The Labute approximate surface area is 206 Å². The molecule has 186 valence electrons. The summed E-state index contributed by atoms with van der Waals surface area (Å²) >= 11 is 7.33. The first-order valence-electron chi connectivity index (χ1n) is 10.4. The molecule has 5 N–H and O–H groups in total. The second kappa shape index (κ2) is 9.08. The summed E-state index contributed by atoms with van der Waals surface area (Å²) in [6, 6.07) is 3.87. The Bertz CT molecular complexity index is 1240. The summed E-state index contributed by atoms with van der Waals surface area (Å²) < 4.78 is 53.9. The van der Waals surface area contributed by atoms with Gasteiger partial charge in [0.25, 0.3) is 0 Å². The standard InChI is InChI=1S/C21H20ClF3N6O3S/c22-10-1-2-11(21(23,24)25)14(7-10)31-13(3-4-29-31)18-17(32)16(19-15(34-18)9-33-19)30(27)8-12(26)20-28-5-6-35-20/h1-8,15-19,32H,9,26-27H2/b12-8-. The molecule has 5 atom stereocenters. The number of aliphatic hydroxyl groups is 1. The molecule has 0 radical (unpaired) electrons. The van der Waals surface area contributed by atoms with Gasteiger partial charge in [0.2, 0.25) is 0 Å². The fraction of sp³-hybridized carbons (Fsp3) is 0.333. The zero-order chi connectivity index (χ0) is 24.9. The normalized spacial score (nSPS) is 26.8. The van der Waals surface area contributed by atoms with Crippen molar-refractivity contribution in [3.8, 4) is 5.69 Å². The number of aliphatic hydroxyl groups excluding tert-OH is 1. The predicted molar refractivity (Wildman–Crippen MR) is 121 cm³/mol. The Balaban J connectivity index is 1.51. The van der Waals surface area contributed by atoms with E-state index in [1.165, 1.54) is 34.8 Å². The minimum atomic E-state index is -4.66. The maximum Gasteiger partial charge on any atom is 0.418 e. The van der Waals surface area contributed by atoms with Crippen LogP contribution in [-0.4, -0.2) is 55.8 Å². The first-order valence-corrected chi connectivity index (χ1v) is 11.7. The molecular weight excluding hydrogens is 509 g/mol. The summed E-state index contributed by atoms with van der Waals surface area (Å²) in [6.07, 6.45) is -3.68. The van der Waals surface area contributed by atoms with Crippen LogP contribution in [0.25, 0.3) is 11.4 Å². The van der Waals surface area contributed by atoms with Gasteiger partial charge in [0.05, 0.1) is 29.2 Å². The number of fused-ring (bicyclic) bond motifs is 1. The van der Waals surface area contributed by atoms with Crippen LogP contribution in [0.4, 0.5) is 13.2 Å². The van der Waals surface area contributed by atoms with Crippen molar-refractivity contribution in [1.29, 1.82) is 0 Å². The van der Waals surface area contributed by atoms with Crippen LogP contribution >= 0.6 is 22.9 Å². The van der Waals surface area contributed by atoms with Gasteiger partial charge in [-0.3, -0.25) is 0 Å². The quantitative estimate of drug-likeness (QED) is 0.341. The first kappa shape index (κ1) is 24.0. The highest BCUT2D eigenvalue weighted by atomic mass is 35.5. The number of nitrogens with zero attached hydrogens (tertiary/aromatic N) is 4. The lowest BCUT2D eigenvalue weighted by Crippen LogP contribution is -2.68. The van der Waals surface area contributed by atoms with Gasteiger partial charge in [-0.25, -0.2) is 15.5 Å². The number of alkyl halides is 3. The van der Waals surface area contributed by atoms with E-state index in [0.29, 0.717) is 5.01 Å². The van der Waals surface area contributed by atoms with Crippen LogP contribution in [0.2, 0.25) is 5.02 Å². The van der Waals surface area contributed by atoms with Gasteiger partial charge in [-0.2, -0.15) is 18.3 Å². The van der Waals surface area contributed by atoms with E-state index in [1.54, 1.807) is 11.6 Å². The molecule has 2 aliphatic heterocycles. The van der Waals surface area contributed by atoms with Crippen molar-refractivity contribution >= 4 is 28.6 Å². The van der Waals surface area contributed by atoms with E-state index in [-0.39, 0.29) is 28.7 Å². The summed E-state index contributed by atoms with van der Waals surface area (Å²) in [6.45, 7) is 0.239. The van der Waals surface area contributed by atoms with Gasteiger partial charge in [-0.15, -0.1) is 11.3 Å². The lowest BCUT2D eigenvalue weighted by Gasteiger charge is -2.52. The molecule has 4 heterocycles. The van der Waals surface area contributed by atoms with Crippen LogP contribution in [0.15, 0.2) is 48.2 Å². The van der Waals surface area contributed by atoms with Crippen LogP contribution in [0.5, 0.6) is 0 Å². The summed E-state index contributed by atoms with van der Waals surface area (Å²) in [5.41, 5.74) is 5.35. The molecule has 0 aliphatic carbocycles. The van der Waals surface area contributed by atoms with Crippen LogP contribution in [-0.2, 0) is 15.7 Å². The molecule has 35 heavy (non-hydrogen) atoms. The monoisotopic (exact) mass is 528 g/mol. The van der Waals surface area contributed by atoms with Crippen molar-refractivity contribution in [3.63, 3.8) is 0 Å².